The van der Waals surface area contributed by atoms with Crippen LogP contribution in [0.5, 0.6) is 0 Å². The number of hydrogen-bond donors (Lipinski definition) is 3. The SMILES string of the molecule is Cc1ccc(NC(=O)[C@@H](Cc2ccccc2)NC(=O)N2CC(=O)Nc3ccccc32)cc1. The van der Waals surface area contributed by atoms with Crippen molar-refractivity contribution >= 4 is 34.9 Å². The van der Waals surface area contributed by atoms with E-state index in [4.69, 9.17) is 0 Å². The number of fused-ring (bicyclic) bond motifs is 1. The molecule has 0 fully saturated rings. The summed E-state index contributed by atoms with van der Waals surface area (Å²) in [6.07, 6.45) is 0.311. The van der Waals surface area contributed by atoms with Gasteiger partial charge in [0.2, 0.25) is 11.8 Å². The number of carbonyl (C=O) groups is 3. The van der Waals surface area contributed by atoms with Crippen molar-refractivity contribution in [2.45, 2.75) is 19.4 Å². The van der Waals surface area contributed by atoms with E-state index in [2.05, 4.69) is 16.0 Å². The molecular weight excluding hydrogens is 404 g/mol. The molecule has 0 radical (unpaired) electrons. The molecule has 7 nitrogen and oxygen atoms in total. The third-order valence-electron chi connectivity index (χ3n) is 5.23. The van der Waals surface area contributed by atoms with Crippen LogP contribution in [0.25, 0.3) is 0 Å². The molecule has 1 atom stereocenters. The summed E-state index contributed by atoms with van der Waals surface area (Å²) < 4.78 is 0. The van der Waals surface area contributed by atoms with Crippen molar-refractivity contribution in [2.24, 2.45) is 0 Å². The van der Waals surface area contributed by atoms with E-state index in [0.29, 0.717) is 23.5 Å². The molecule has 0 aromatic heterocycles. The first kappa shape index (κ1) is 21.1. The molecule has 0 unspecified atom stereocenters. The number of nitrogens with zero attached hydrogens (tertiary/aromatic N) is 1. The number of para-hydroxylation sites is 2. The first-order valence-electron chi connectivity index (χ1n) is 10.4. The Kier molecular flexibility index (Phi) is 6.17. The highest BCUT2D eigenvalue weighted by Crippen LogP contribution is 2.28. The van der Waals surface area contributed by atoms with Gasteiger partial charge in [-0.2, -0.15) is 0 Å². The summed E-state index contributed by atoms with van der Waals surface area (Å²) in [5, 5.41) is 8.46. The Bertz CT molecular complexity index is 1130. The lowest BCUT2D eigenvalue weighted by atomic mass is 10.0. The highest BCUT2D eigenvalue weighted by molar-refractivity contribution is 6.10. The predicted octanol–water partition coefficient (Wildman–Crippen LogP) is 3.71. The van der Waals surface area contributed by atoms with E-state index in [1.54, 1.807) is 24.3 Å². The fourth-order valence-corrected chi connectivity index (χ4v) is 3.57. The summed E-state index contributed by atoms with van der Waals surface area (Å²) in [6.45, 7) is 1.84. The average molecular weight is 428 g/mol. The van der Waals surface area contributed by atoms with Crippen LogP contribution in [0.3, 0.4) is 0 Å². The minimum Gasteiger partial charge on any atom is -0.326 e. The second-order valence-electron chi connectivity index (χ2n) is 7.70. The fourth-order valence-electron chi connectivity index (χ4n) is 3.57. The first-order valence-corrected chi connectivity index (χ1v) is 10.4. The van der Waals surface area contributed by atoms with Gasteiger partial charge >= 0.3 is 6.03 Å². The number of hydrogen-bond acceptors (Lipinski definition) is 3. The van der Waals surface area contributed by atoms with E-state index in [1.807, 2.05) is 61.5 Å². The number of amides is 4. The molecule has 162 valence electrons. The van der Waals surface area contributed by atoms with Crippen molar-refractivity contribution in [1.82, 2.24) is 5.32 Å². The smallest absolute Gasteiger partial charge is 0.323 e. The Hall–Kier alpha value is -4.13. The minimum atomic E-state index is -0.830. The Morgan fingerprint density at radius 2 is 1.66 bits per heavy atom. The topological polar surface area (TPSA) is 90.5 Å². The molecular formula is C25H24N4O3. The van der Waals surface area contributed by atoms with Gasteiger partial charge in [0.25, 0.3) is 0 Å². The average Bonchev–Trinajstić information content (AvgIpc) is 2.80. The minimum absolute atomic E-state index is 0.125. The Labute approximate surface area is 186 Å². The quantitative estimate of drug-likeness (QED) is 0.579. The Balaban J connectivity index is 1.55. The fraction of sp³-hybridized carbons (Fsp3) is 0.160. The maximum atomic E-state index is 13.2. The van der Waals surface area contributed by atoms with Gasteiger partial charge in [-0.25, -0.2) is 4.79 Å². The third kappa shape index (κ3) is 4.95. The third-order valence-corrected chi connectivity index (χ3v) is 5.23. The van der Waals surface area contributed by atoms with Gasteiger partial charge in [-0.3, -0.25) is 14.5 Å². The molecule has 0 aliphatic carbocycles. The molecule has 1 aliphatic heterocycles. The van der Waals surface area contributed by atoms with Crippen LogP contribution in [0.4, 0.5) is 21.9 Å². The molecule has 0 bridgehead atoms. The maximum Gasteiger partial charge on any atom is 0.323 e. The highest BCUT2D eigenvalue weighted by atomic mass is 16.2. The summed E-state index contributed by atoms with van der Waals surface area (Å²) in [5.74, 6) is -0.622. The number of urea groups is 1. The molecule has 3 N–H and O–H groups in total. The molecule has 0 saturated heterocycles. The van der Waals surface area contributed by atoms with Crippen molar-refractivity contribution in [2.75, 3.05) is 22.1 Å². The van der Waals surface area contributed by atoms with E-state index < -0.39 is 12.1 Å². The molecule has 0 saturated carbocycles. The van der Waals surface area contributed by atoms with Gasteiger partial charge in [-0.1, -0.05) is 60.2 Å². The van der Waals surface area contributed by atoms with Crippen LogP contribution in [-0.2, 0) is 16.0 Å². The second kappa shape index (κ2) is 9.34. The maximum absolute atomic E-state index is 13.2. The van der Waals surface area contributed by atoms with Gasteiger partial charge < -0.3 is 16.0 Å². The van der Waals surface area contributed by atoms with Gasteiger partial charge in [-0.15, -0.1) is 0 Å². The predicted molar refractivity (Wildman–Crippen MR) is 125 cm³/mol. The van der Waals surface area contributed by atoms with Crippen molar-refractivity contribution in [3.8, 4) is 0 Å². The van der Waals surface area contributed by atoms with Gasteiger partial charge in [0.05, 0.1) is 11.4 Å². The zero-order chi connectivity index (χ0) is 22.5. The molecule has 3 aromatic carbocycles. The monoisotopic (exact) mass is 428 g/mol. The van der Waals surface area contributed by atoms with Crippen molar-refractivity contribution in [3.63, 3.8) is 0 Å². The molecule has 1 heterocycles. The van der Waals surface area contributed by atoms with Crippen molar-refractivity contribution in [3.05, 3.63) is 90.0 Å². The highest BCUT2D eigenvalue weighted by Gasteiger charge is 2.30. The van der Waals surface area contributed by atoms with E-state index in [9.17, 15) is 14.4 Å². The molecule has 1 aliphatic rings. The standard InChI is InChI=1S/C25H24N4O3/c1-17-11-13-19(14-12-17)26-24(31)21(15-18-7-3-2-4-8-18)28-25(32)29-16-23(30)27-20-9-5-6-10-22(20)29/h2-14,21H,15-16H2,1H3,(H,26,31)(H,27,30)(H,28,32)/t21-/m1/s1. The van der Waals surface area contributed by atoms with Crippen LogP contribution in [0, 0.1) is 6.92 Å². The van der Waals surface area contributed by atoms with Crippen molar-refractivity contribution < 1.29 is 14.4 Å². The summed E-state index contributed by atoms with van der Waals surface area (Å²) in [7, 11) is 0. The van der Waals surface area contributed by atoms with E-state index >= 15 is 0 Å². The van der Waals surface area contributed by atoms with Crippen LogP contribution in [0.15, 0.2) is 78.9 Å². The molecule has 32 heavy (non-hydrogen) atoms. The molecule has 4 amide bonds. The zero-order valence-electron chi connectivity index (χ0n) is 17.7. The van der Waals surface area contributed by atoms with E-state index in [1.165, 1.54) is 4.90 Å². The lowest BCUT2D eigenvalue weighted by Crippen LogP contribution is -2.53. The second-order valence-corrected chi connectivity index (χ2v) is 7.70. The molecule has 4 rings (SSSR count). The number of rotatable bonds is 5. The van der Waals surface area contributed by atoms with Gasteiger partial charge in [0, 0.05) is 12.1 Å². The first-order chi connectivity index (χ1) is 15.5. The molecule has 3 aromatic rings. The van der Waals surface area contributed by atoms with Crippen LogP contribution in [0.2, 0.25) is 0 Å². The summed E-state index contributed by atoms with van der Waals surface area (Å²) >= 11 is 0. The van der Waals surface area contributed by atoms with Crippen LogP contribution >= 0.6 is 0 Å². The Morgan fingerprint density at radius 3 is 2.41 bits per heavy atom. The van der Waals surface area contributed by atoms with Gasteiger partial charge in [0.15, 0.2) is 0 Å². The Morgan fingerprint density at radius 1 is 0.969 bits per heavy atom. The lowest BCUT2D eigenvalue weighted by Gasteiger charge is -2.30. The number of aryl methyl sites for hydroxylation is 1. The largest absolute Gasteiger partial charge is 0.326 e. The normalized spacial score (nSPS) is 13.5. The molecule has 7 heteroatoms. The lowest BCUT2D eigenvalue weighted by molar-refractivity contribution is -0.118. The number of carbonyl (C=O) groups excluding carboxylic acids is 3. The summed E-state index contributed by atoms with van der Waals surface area (Å²) in [6, 6.07) is 22.7. The summed E-state index contributed by atoms with van der Waals surface area (Å²) in [5.41, 5.74) is 3.79. The van der Waals surface area contributed by atoms with Crippen molar-refractivity contribution in [1.29, 1.82) is 0 Å². The van der Waals surface area contributed by atoms with Gasteiger partial charge in [0.1, 0.15) is 12.6 Å². The number of anilines is 3. The van der Waals surface area contributed by atoms with Crippen LogP contribution in [-0.4, -0.2) is 30.4 Å². The van der Waals surface area contributed by atoms with Crippen LogP contribution in [0.1, 0.15) is 11.1 Å². The van der Waals surface area contributed by atoms with E-state index in [0.717, 1.165) is 11.1 Å². The molecule has 0 spiro atoms. The van der Waals surface area contributed by atoms with E-state index in [-0.39, 0.29) is 18.4 Å². The number of benzene rings is 3. The zero-order valence-corrected chi connectivity index (χ0v) is 17.7. The summed E-state index contributed by atoms with van der Waals surface area (Å²) in [4.78, 5) is 39.7. The number of nitrogens with one attached hydrogen (secondary N) is 3. The van der Waals surface area contributed by atoms with Crippen LogP contribution < -0.4 is 20.9 Å². The van der Waals surface area contributed by atoms with Gasteiger partial charge in [-0.05, 0) is 36.8 Å².